The number of halogens is 16. The van der Waals surface area contributed by atoms with Crippen molar-refractivity contribution < 1.29 is 84.8 Å². The second-order valence-corrected chi connectivity index (χ2v) is 12.2. The van der Waals surface area contributed by atoms with E-state index in [0.29, 0.717) is 11.4 Å². The predicted molar refractivity (Wildman–Crippen MR) is 151 cm³/mol. The molecule has 0 aliphatic carbocycles. The largest absolute Gasteiger partial charge is 0.492 e. The van der Waals surface area contributed by atoms with Gasteiger partial charge in [-0.1, -0.05) is 55.0 Å². The van der Waals surface area contributed by atoms with Gasteiger partial charge in [0.05, 0.1) is 11.4 Å². The van der Waals surface area contributed by atoms with Crippen LogP contribution in [0.1, 0.15) is 51.0 Å². The molecule has 2 rings (SSSR count). The Morgan fingerprint density at radius 2 is 1.18 bits per heavy atom. The van der Waals surface area contributed by atoms with Gasteiger partial charge in [0.25, 0.3) is 0 Å². The van der Waals surface area contributed by atoms with Gasteiger partial charge in [0.15, 0.2) is 5.82 Å². The second kappa shape index (κ2) is 17.5. The molecule has 22 heteroatoms. The van der Waals surface area contributed by atoms with Crippen LogP contribution in [0.4, 0.5) is 65.9 Å². The highest BCUT2D eigenvalue weighted by Gasteiger charge is 2.85. The van der Waals surface area contributed by atoms with Gasteiger partial charge in [0, 0.05) is 18.0 Å². The molecule has 0 N–H and O–H groups in total. The molecule has 0 saturated heterocycles. The van der Waals surface area contributed by atoms with Crippen LogP contribution >= 0.6 is 15.9 Å². The van der Waals surface area contributed by atoms with E-state index < -0.39 is 60.5 Å². The van der Waals surface area contributed by atoms with Crippen LogP contribution in [-0.2, 0) is 20.6 Å². The van der Waals surface area contributed by atoms with Crippen LogP contribution in [0.5, 0.6) is 5.75 Å². The van der Waals surface area contributed by atoms with E-state index in [1.807, 2.05) is 0 Å². The molecule has 0 aliphatic rings. The molecule has 6 nitrogen and oxygen atoms in total. The number of hydrogen-bond acceptors (Lipinski definition) is 6. The van der Waals surface area contributed by atoms with Crippen LogP contribution < -0.4 is 4.74 Å². The van der Waals surface area contributed by atoms with E-state index in [2.05, 4.69) is 42.3 Å². The van der Waals surface area contributed by atoms with Crippen molar-refractivity contribution in [3.05, 3.63) is 42.2 Å². The van der Waals surface area contributed by atoms with Crippen molar-refractivity contribution in [1.29, 1.82) is 0 Å². The Kier molecular flexibility index (Phi) is 15.3. The fraction of sp³-hybridized carbons (Fsp3) is 0.655. The minimum Gasteiger partial charge on any atom is -0.492 e. The Morgan fingerprint density at radius 1 is 0.647 bits per heavy atom. The summed E-state index contributed by atoms with van der Waals surface area (Å²) in [4.78, 5) is 7.69. The number of aryl methyl sites for hydroxylation is 1. The zero-order valence-electron chi connectivity index (χ0n) is 26.2. The lowest BCUT2D eigenvalue weighted by atomic mass is 10.1. The standard InChI is InChI=1S/C29H30BrF15N2O4/c1-2-3-4-5-6-7-8-18-13-46-22(47-14-18)19-9-11-21(12-10-19)49-16-20(30)15-48-17-23(31,32)50-28(42,43)29(44,45)51-27(40,41)25(35,36)24(33,34)26(37,38)39/h9-14,20H,2-8,15-17H2,1H3. The molecular formula is C29H30BrF15N2O4. The summed E-state index contributed by atoms with van der Waals surface area (Å²) in [5, 5.41) is 0. The summed E-state index contributed by atoms with van der Waals surface area (Å²) in [6, 6.07) is 6.21. The van der Waals surface area contributed by atoms with Gasteiger partial charge >= 0.3 is 42.5 Å². The summed E-state index contributed by atoms with van der Waals surface area (Å²) in [7, 11) is 0. The van der Waals surface area contributed by atoms with Crippen molar-refractivity contribution in [2.24, 2.45) is 0 Å². The summed E-state index contributed by atoms with van der Waals surface area (Å²) in [6.07, 6.45) is -24.0. The van der Waals surface area contributed by atoms with Crippen molar-refractivity contribution >= 4 is 15.9 Å². The molecule has 2 aromatic rings. The Hall–Kier alpha value is -2.59. The summed E-state index contributed by atoms with van der Waals surface area (Å²) in [6.45, 7) is -1.33. The van der Waals surface area contributed by atoms with Gasteiger partial charge in [-0.25, -0.2) is 19.4 Å². The zero-order valence-corrected chi connectivity index (χ0v) is 27.8. The Bertz CT molecular complexity index is 1350. The summed E-state index contributed by atoms with van der Waals surface area (Å²) in [5.74, 6) is -15.1. The smallest absolute Gasteiger partial charge is 0.460 e. The average Bonchev–Trinajstić information content (AvgIpc) is 3.00. The van der Waals surface area contributed by atoms with Crippen molar-refractivity contribution in [2.75, 3.05) is 19.8 Å². The number of ether oxygens (including phenoxy) is 4. The third kappa shape index (κ3) is 12.2. The first-order chi connectivity index (χ1) is 23.3. The Morgan fingerprint density at radius 3 is 1.73 bits per heavy atom. The molecule has 0 amide bonds. The monoisotopic (exact) mass is 834 g/mol. The van der Waals surface area contributed by atoms with Gasteiger partial charge in [-0.2, -0.15) is 65.9 Å². The SMILES string of the molecule is CCCCCCCCc1cnc(-c2ccc(OCC(Br)COCC(F)(F)OC(F)(F)C(F)(F)OC(F)(F)C(F)(F)C(F)(F)C(F)(F)F)cc2)nc1. The van der Waals surface area contributed by atoms with Crippen LogP contribution in [-0.4, -0.2) is 77.1 Å². The third-order valence-corrected chi connectivity index (χ3v) is 7.15. The van der Waals surface area contributed by atoms with E-state index in [9.17, 15) is 65.9 Å². The van der Waals surface area contributed by atoms with E-state index in [-0.39, 0.29) is 12.4 Å². The molecule has 1 unspecified atom stereocenters. The maximum absolute atomic E-state index is 13.8. The van der Waals surface area contributed by atoms with Crippen LogP contribution in [0, 0.1) is 0 Å². The van der Waals surface area contributed by atoms with Crippen molar-refractivity contribution in [2.45, 2.75) is 99.2 Å². The lowest BCUT2D eigenvalue weighted by molar-refractivity contribution is -0.543. The molecule has 0 fully saturated rings. The van der Waals surface area contributed by atoms with E-state index in [4.69, 9.17) is 4.74 Å². The zero-order chi connectivity index (χ0) is 38.9. The fourth-order valence-corrected chi connectivity index (χ4v) is 4.22. The molecule has 1 aromatic carbocycles. The molecule has 0 spiro atoms. The highest BCUT2D eigenvalue weighted by Crippen LogP contribution is 2.56. The average molecular weight is 835 g/mol. The van der Waals surface area contributed by atoms with E-state index in [0.717, 1.165) is 31.2 Å². The van der Waals surface area contributed by atoms with Crippen molar-refractivity contribution in [3.8, 4) is 17.1 Å². The summed E-state index contributed by atoms with van der Waals surface area (Å²) >= 11 is 2.93. The second-order valence-electron chi connectivity index (χ2n) is 10.9. The highest BCUT2D eigenvalue weighted by molar-refractivity contribution is 9.09. The highest BCUT2D eigenvalue weighted by atomic mass is 79.9. The van der Waals surface area contributed by atoms with Gasteiger partial charge < -0.3 is 9.47 Å². The number of unbranched alkanes of at least 4 members (excludes halogenated alkanes) is 5. The topological polar surface area (TPSA) is 62.7 Å². The first kappa shape index (κ1) is 44.6. The van der Waals surface area contributed by atoms with Crippen LogP contribution in [0.2, 0.25) is 0 Å². The maximum Gasteiger partial charge on any atom is 0.460 e. The van der Waals surface area contributed by atoms with Crippen molar-refractivity contribution in [3.63, 3.8) is 0 Å². The normalized spacial score (nSPS) is 14.5. The molecule has 292 valence electrons. The molecule has 0 radical (unpaired) electrons. The molecule has 0 bridgehead atoms. The van der Waals surface area contributed by atoms with Gasteiger partial charge in [0.2, 0.25) is 0 Å². The molecular weight excluding hydrogens is 805 g/mol. The van der Waals surface area contributed by atoms with Crippen molar-refractivity contribution in [1.82, 2.24) is 9.97 Å². The number of rotatable bonds is 22. The molecule has 1 aromatic heterocycles. The van der Waals surface area contributed by atoms with E-state index in [1.54, 1.807) is 29.3 Å². The fourth-order valence-electron chi connectivity index (χ4n) is 3.90. The summed E-state index contributed by atoms with van der Waals surface area (Å²) in [5.41, 5.74) is 1.61. The first-order valence-corrected chi connectivity index (χ1v) is 15.7. The number of alkyl halides is 16. The number of hydrogen-bond donors (Lipinski definition) is 0. The van der Waals surface area contributed by atoms with E-state index >= 15 is 0 Å². The lowest BCUT2D eigenvalue weighted by Crippen LogP contribution is -2.64. The van der Waals surface area contributed by atoms with Crippen LogP contribution in [0.15, 0.2) is 36.7 Å². The van der Waals surface area contributed by atoms with Gasteiger partial charge in [-0.15, -0.1) is 0 Å². The van der Waals surface area contributed by atoms with Gasteiger partial charge in [0.1, 0.15) is 19.0 Å². The van der Waals surface area contributed by atoms with Gasteiger partial charge in [-0.3, -0.25) is 0 Å². The lowest BCUT2D eigenvalue weighted by Gasteiger charge is -2.36. The predicted octanol–water partition coefficient (Wildman–Crippen LogP) is 10.4. The van der Waals surface area contributed by atoms with E-state index in [1.165, 1.54) is 31.4 Å². The third-order valence-electron chi connectivity index (χ3n) is 6.63. The number of benzene rings is 1. The van der Waals surface area contributed by atoms with Crippen LogP contribution in [0.3, 0.4) is 0 Å². The Balaban J connectivity index is 1.85. The van der Waals surface area contributed by atoms with Gasteiger partial charge in [-0.05, 0) is 42.7 Å². The summed E-state index contributed by atoms with van der Waals surface area (Å²) < 4.78 is 210. The molecule has 1 atom stereocenters. The van der Waals surface area contributed by atoms with Crippen LogP contribution in [0.25, 0.3) is 11.4 Å². The molecule has 0 saturated carbocycles. The molecule has 0 aliphatic heterocycles. The Labute approximate surface area is 289 Å². The maximum atomic E-state index is 13.8. The quantitative estimate of drug-likeness (QED) is 0.0669. The molecule has 51 heavy (non-hydrogen) atoms. The number of nitrogens with zero attached hydrogens (tertiary/aromatic N) is 2. The molecule has 1 heterocycles. The minimum atomic E-state index is -7.92. The number of aromatic nitrogens is 2. The minimum absolute atomic E-state index is 0.244. The first-order valence-electron chi connectivity index (χ1n) is 14.8.